The minimum Gasteiger partial charge on any atom is -0.343 e. The van der Waals surface area contributed by atoms with Gasteiger partial charge in [0.15, 0.2) is 0 Å². The molecule has 2 aliphatic rings. The molecule has 20 heavy (non-hydrogen) atoms. The van der Waals surface area contributed by atoms with Gasteiger partial charge in [-0.05, 0) is 25.7 Å². The number of likely N-dealkylation sites (tertiary alicyclic amines) is 2. The minimum absolute atomic E-state index is 0.331. The Kier molecular flexibility index (Phi) is 7.07. The number of nitrogens with zero attached hydrogens (tertiary/aromatic N) is 2. The van der Waals surface area contributed by atoms with E-state index in [4.69, 9.17) is 0 Å². The molecule has 0 aliphatic carbocycles. The Balaban J connectivity index is 1.38. The Morgan fingerprint density at radius 1 is 0.800 bits per heavy atom. The van der Waals surface area contributed by atoms with Crippen LogP contribution in [0.1, 0.15) is 38.5 Å². The molecule has 2 saturated heterocycles. The van der Waals surface area contributed by atoms with Gasteiger partial charge in [0, 0.05) is 50.5 Å². The van der Waals surface area contributed by atoms with Crippen LogP contribution in [-0.4, -0.2) is 59.3 Å². The predicted molar refractivity (Wildman–Crippen MR) is 85.8 cm³/mol. The first kappa shape index (κ1) is 16.0. The van der Waals surface area contributed by atoms with Gasteiger partial charge in [-0.25, -0.2) is 0 Å². The summed E-state index contributed by atoms with van der Waals surface area (Å²) in [4.78, 5) is 26.8. The lowest BCUT2D eigenvalue weighted by molar-refractivity contribution is -0.128. The zero-order valence-electron chi connectivity index (χ0n) is 12.0. The monoisotopic (exact) mass is 316 g/mol. The van der Waals surface area contributed by atoms with E-state index >= 15 is 0 Å². The van der Waals surface area contributed by atoms with E-state index < -0.39 is 0 Å². The number of hydrogen-bond donors (Lipinski definition) is 0. The maximum Gasteiger partial charge on any atom is 0.222 e. The van der Waals surface area contributed by atoms with Crippen LogP contribution in [0.2, 0.25) is 0 Å². The van der Waals surface area contributed by atoms with Crippen LogP contribution < -0.4 is 0 Å². The topological polar surface area (TPSA) is 40.6 Å². The van der Waals surface area contributed by atoms with Crippen LogP contribution in [0.15, 0.2) is 0 Å². The lowest BCUT2D eigenvalue weighted by atomic mass is 10.4. The minimum atomic E-state index is 0.331. The summed E-state index contributed by atoms with van der Waals surface area (Å²) >= 11 is 0. The SMILES string of the molecule is O=C1CCCN1CCCSSCCCN1CCCC1=O. The van der Waals surface area contributed by atoms with Crippen molar-refractivity contribution >= 4 is 33.4 Å². The van der Waals surface area contributed by atoms with E-state index in [0.29, 0.717) is 11.8 Å². The molecule has 0 radical (unpaired) electrons. The Hall–Kier alpha value is -0.360. The molecule has 2 amide bonds. The number of rotatable bonds is 9. The van der Waals surface area contributed by atoms with Crippen molar-refractivity contribution in [3.8, 4) is 0 Å². The summed E-state index contributed by atoms with van der Waals surface area (Å²) in [7, 11) is 3.79. The van der Waals surface area contributed by atoms with Crippen LogP contribution in [0.5, 0.6) is 0 Å². The molecule has 0 atom stereocenters. The molecule has 0 N–H and O–H groups in total. The van der Waals surface area contributed by atoms with Gasteiger partial charge >= 0.3 is 0 Å². The first-order valence-electron chi connectivity index (χ1n) is 7.57. The molecule has 0 bridgehead atoms. The van der Waals surface area contributed by atoms with E-state index in [1.165, 1.54) is 0 Å². The predicted octanol–water partition coefficient (Wildman–Crippen LogP) is 2.39. The molecule has 2 aliphatic heterocycles. The number of hydrogen-bond acceptors (Lipinski definition) is 4. The lowest BCUT2D eigenvalue weighted by Crippen LogP contribution is -2.26. The van der Waals surface area contributed by atoms with Gasteiger partial charge in [-0.3, -0.25) is 9.59 Å². The highest BCUT2D eigenvalue weighted by Gasteiger charge is 2.19. The highest BCUT2D eigenvalue weighted by Crippen LogP contribution is 2.23. The summed E-state index contributed by atoms with van der Waals surface area (Å²) in [6.07, 6.45) is 5.75. The Morgan fingerprint density at radius 2 is 1.25 bits per heavy atom. The second-order valence-corrected chi connectivity index (χ2v) is 8.02. The standard InChI is InChI=1S/C14H24N2O2S2/c17-13-5-1-7-15(13)9-3-11-19-20-12-4-10-16-8-2-6-14(16)18/h1-12H2. The van der Waals surface area contributed by atoms with Crippen LogP contribution in [0, 0.1) is 0 Å². The summed E-state index contributed by atoms with van der Waals surface area (Å²) in [6, 6.07) is 0. The van der Waals surface area contributed by atoms with Gasteiger partial charge in [-0.2, -0.15) is 0 Å². The van der Waals surface area contributed by atoms with Crippen molar-refractivity contribution in [1.82, 2.24) is 9.80 Å². The van der Waals surface area contributed by atoms with Gasteiger partial charge in [0.2, 0.25) is 11.8 Å². The Labute approximate surface area is 129 Å². The zero-order valence-corrected chi connectivity index (χ0v) is 13.6. The largest absolute Gasteiger partial charge is 0.343 e. The van der Waals surface area contributed by atoms with Gasteiger partial charge in [0.25, 0.3) is 0 Å². The average Bonchev–Trinajstić information content (AvgIpc) is 3.02. The highest BCUT2D eigenvalue weighted by atomic mass is 33.1. The van der Waals surface area contributed by atoms with Crippen molar-refractivity contribution in [3.63, 3.8) is 0 Å². The van der Waals surface area contributed by atoms with E-state index in [1.807, 2.05) is 31.4 Å². The number of carbonyl (C=O) groups is 2. The molecular formula is C14H24N2O2S2. The summed E-state index contributed by atoms with van der Waals surface area (Å²) in [5.74, 6) is 2.88. The van der Waals surface area contributed by atoms with Gasteiger partial charge in [-0.15, -0.1) is 0 Å². The van der Waals surface area contributed by atoms with E-state index in [9.17, 15) is 9.59 Å². The molecule has 6 heteroatoms. The van der Waals surface area contributed by atoms with Crippen LogP contribution in [0.4, 0.5) is 0 Å². The summed E-state index contributed by atoms with van der Waals surface area (Å²) in [6.45, 7) is 3.77. The third-order valence-corrected chi connectivity index (χ3v) is 6.31. The Bertz CT molecular complexity index is 307. The van der Waals surface area contributed by atoms with E-state index in [-0.39, 0.29) is 0 Å². The second kappa shape index (κ2) is 8.82. The van der Waals surface area contributed by atoms with Crippen molar-refractivity contribution in [3.05, 3.63) is 0 Å². The first-order valence-corrected chi connectivity index (χ1v) is 10.1. The zero-order chi connectivity index (χ0) is 14.2. The first-order chi connectivity index (χ1) is 9.77. The summed E-state index contributed by atoms with van der Waals surface area (Å²) in [5.41, 5.74) is 0. The van der Waals surface area contributed by atoms with Crippen molar-refractivity contribution < 1.29 is 9.59 Å². The molecular weight excluding hydrogens is 292 g/mol. The summed E-state index contributed by atoms with van der Waals surface area (Å²) in [5, 5.41) is 0. The molecule has 4 nitrogen and oxygen atoms in total. The molecule has 0 spiro atoms. The molecule has 2 fully saturated rings. The third kappa shape index (κ3) is 5.20. The van der Waals surface area contributed by atoms with Crippen molar-refractivity contribution in [2.75, 3.05) is 37.7 Å². The van der Waals surface area contributed by atoms with Gasteiger partial charge in [0.1, 0.15) is 0 Å². The fourth-order valence-electron chi connectivity index (χ4n) is 2.63. The molecule has 2 heterocycles. The Morgan fingerprint density at radius 3 is 1.60 bits per heavy atom. The molecule has 0 aromatic heterocycles. The quantitative estimate of drug-likeness (QED) is 0.484. The molecule has 0 aromatic rings. The fourth-order valence-corrected chi connectivity index (χ4v) is 4.77. The average molecular weight is 316 g/mol. The van der Waals surface area contributed by atoms with Crippen LogP contribution in [-0.2, 0) is 9.59 Å². The fraction of sp³-hybridized carbons (Fsp3) is 0.857. The number of amides is 2. The van der Waals surface area contributed by atoms with Gasteiger partial charge < -0.3 is 9.80 Å². The van der Waals surface area contributed by atoms with E-state index in [1.54, 1.807) is 0 Å². The molecule has 114 valence electrons. The van der Waals surface area contributed by atoms with Crippen molar-refractivity contribution in [2.45, 2.75) is 38.5 Å². The van der Waals surface area contributed by atoms with Gasteiger partial charge in [-0.1, -0.05) is 21.6 Å². The van der Waals surface area contributed by atoms with Crippen molar-refractivity contribution in [2.24, 2.45) is 0 Å². The highest BCUT2D eigenvalue weighted by molar-refractivity contribution is 8.76. The van der Waals surface area contributed by atoms with Crippen molar-refractivity contribution in [1.29, 1.82) is 0 Å². The van der Waals surface area contributed by atoms with Crippen LogP contribution >= 0.6 is 21.6 Å². The molecule has 0 saturated carbocycles. The molecule has 2 rings (SSSR count). The van der Waals surface area contributed by atoms with E-state index in [0.717, 1.165) is 76.2 Å². The molecule has 0 unspecified atom stereocenters. The van der Waals surface area contributed by atoms with Gasteiger partial charge in [0.05, 0.1) is 0 Å². The maximum atomic E-state index is 11.4. The second-order valence-electron chi connectivity index (χ2n) is 5.32. The van der Waals surface area contributed by atoms with Crippen LogP contribution in [0.25, 0.3) is 0 Å². The maximum absolute atomic E-state index is 11.4. The molecule has 0 aromatic carbocycles. The smallest absolute Gasteiger partial charge is 0.222 e. The third-order valence-electron chi connectivity index (χ3n) is 3.74. The lowest BCUT2D eigenvalue weighted by Gasteiger charge is -2.15. The van der Waals surface area contributed by atoms with E-state index in [2.05, 4.69) is 0 Å². The van der Waals surface area contributed by atoms with Crippen LogP contribution in [0.3, 0.4) is 0 Å². The number of carbonyl (C=O) groups excluding carboxylic acids is 2. The normalized spacial score (nSPS) is 19.4. The summed E-state index contributed by atoms with van der Waals surface area (Å²) < 4.78 is 0.